The minimum Gasteiger partial charge on any atom is -0.200 e. The molecule has 144 valence electrons. The lowest BCUT2D eigenvalue weighted by atomic mass is 10.1. The minimum atomic E-state index is -3.82. The number of aromatic nitrogens is 2. The van der Waals surface area contributed by atoms with E-state index in [4.69, 9.17) is 5.26 Å². The first kappa shape index (κ1) is 18.9. The van der Waals surface area contributed by atoms with Crippen molar-refractivity contribution in [1.29, 1.82) is 5.26 Å². The molecule has 2 aromatic carbocycles. The van der Waals surface area contributed by atoms with Crippen molar-refractivity contribution in [1.82, 2.24) is 9.89 Å². The topological polar surface area (TPSA) is 87.8 Å². The summed E-state index contributed by atoms with van der Waals surface area (Å²) in [6.45, 7) is 0. The molecule has 0 saturated carbocycles. The molecule has 0 aliphatic rings. The monoisotopic (exact) mass is 420 g/mol. The SMILES string of the molecule is N#CCc1cc(-c2ccc(-c3ccsc3)cc2)n(NS(=O)(=O)c2ccccc2)n1. The summed E-state index contributed by atoms with van der Waals surface area (Å²) in [6.07, 6.45) is 0.0834. The number of hydrogen-bond donors (Lipinski definition) is 1. The first-order chi connectivity index (χ1) is 14.1. The predicted molar refractivity (Wildman–Crippen MR) is 113 cm³/mol. The van der Waals surface area contributed by atoms with Crippen LogP contribution >= 0.6 is 11.3 Å². The van der Waals surface area contributed by atoms with Gasteiger partial charge < -0.3 is 0 Å². The van der Waals surface area contributed by atoms with Crippen molar-refractivity contribution in [2.75, 3.05) is 4.83 Å². The molecule has 4 aromatic rings. The van der Waals surface area contributed by atoms with Crippen LogP contribution in [0.3, 0.4) is 0 Å². The Hall–Kier alpha value is -3.41. The molecule has 0 amide bonds. The van der Waals surface area contributed by atoms with Crippen molar-refractivity contribution in [2.45, 2.75) is 11.3 Å². The van der Waals surface area contributed by atoms with E-state index in [-0.39, 0.29) is 11.3 Å². The van der Waals surface area contributed by atoms with Crippen LogP contribution in [0.4, 0.5) is 0 Å². The van der Waals surface area contributed by atoms with E-state index in [1.54, 1.807) is 35.6 Å². The predicted octanol–water partition coefficient (Wildman–Crippen LogP) is 4.28. The average molecular weight is 421 g/mol. The number of nitrogens with zero attached hydrogens (tertiary/aromatic N) is 3. The number of hydrogen-bond acceptors (Lipinski definition) is 5. The molecule has 2 heterocycles. The molecule has 4 rings (SSSR count). The van der Waals surface area contributed by atoms with E-state index >= 15 is 0 Å². The molecule has 0 aliphatic heterocycles. The van der Waals surface area contributed by atoms with E-state index in [1.165, 1.54) is 16.9 Å². The second kappa shape index (κ2) is 7.91. The maximum Gasteiger partial charge on any atom is 0.276 e. The number of rotatable bonds is 6. The van der Waals surface area contributed by atoms with Crippen LogP contribution in [0, 0.1) is 11.3 Å². The van der Waals surface area contributed by atoms with Crippen LogP contribution in [0.25, 0.3) is 22.4 Å². The second-order valence-corrected chi connectivity index (χ2v) is 8.71. The van der Waals surface area contributed by atoms with Gasteiger partial charge in [0.15, 0.2) is 0 Å². The molecule has 0 unspecified atom stereocenters. The van der Waals surface area contributed by atoms with Crippen LogP contribution < -0.4 is 4.83 Å². The van der Waals surface area contributed by atoms with Gasteiger partial charge in [0.1, 0.15) is 0 Å². The Labute approximate surface area is 172 Å². The van der Waals surface area contributed by atoms with Gasteiger partial charge in [-0.3, -0.25) is 0 Å². The summed E-state index contributed by atoms with van der Waals surface area (Å²) >= 11 is 1.63. The van der Waals surface area contributed by atoms with Gasteiger partial charge >= 0.3 is 0 Å². The zero-order chi connectivity index (χ0) is 20.3. The van der Waals surface area contributed by atoms with Gasteiger partial charge in [0.05, 0.1) is 28.8 Å². The smallest absolute Gasteiger partial charge is 0.200 e. The molecule has 8 heteroatoms. The third kappa shape index (κ3) is 4.06. The zero-order valence-corrected chi connectivity index (χ0v) is 16.8. The molecule has 0 saturated heterocycles. The third-order valence-corrected chi connectivity index (χ3v) is 6.30. The highest BCUT2D eigenvalue weighted by atomic mass is 32.2. The third-order valence-electron chi connectivity index (χ3n) is 4.32. The summed E-state index contributed by atoms with van der Waals surface area (Å²) in [7, 11) is -3.82. The molecular weight excluding hydrogens is 404 g/mol. The maximum absolute atomic E-state index is 12.7. The molecule has 0 atom stereocenters. The van der Waals surface area contributed by atoms with Gasteiger partial charge in [-0.1, -0.05) is 42.5 Å². The van der Waals surface area contributed by atoms with Gasteiger partial charge in [-0.25, -0.2) is 0 Å². The lowest BCUT2D eigenvalue weighted by Gasteiger charge is -2.11. The van der Waals surface area contributed by atoms with E-state index in [0.29, 0.717) is 11.4 Å². The minimum absolute atomic E-state index is 0.0834. The highest BCUT2D eigenvalue weighted by Gasteiger charge is 2.18. The summed E-state index contributed by atoms with van der Waals surface area (Å²) in [5.74, 6) is 0. The normalized spacial score (nSPS) is 11.1. The van der Waals surface area contributed by atoms with Crippen LogP contribution in [-0.4, -0.2) is 18.3 Å². The highest BCUT2D eigenvalue weighted by Crippen LogP contribution is 2.27. The molecular formula is C21H16N4O2S2. The molecule has 0 radical (unpaired) electrons. The summed E-state index contributed by atoms with van der Waals surface area (Å²) < 4.78 is 25.5. The first-order valence-corrected chi connectivity index (χ1v) is 11.2. The average Bonchev–Trinajstić information content (AvgIpc) is 3.39. The van der Waals surface area contributed by atoms with E-state index in [2.05, 4.69) is 15.3 Å². The van der Waals surface area contributed by atoms with Gasteiger partial charge in [-0.2, -0.15) is 39.7 Å². The lowest BCUT2D eigenvalue weighted by molar-refractivity contribution is 0.592. The van der Waals surface area contributed by atoms with Gasteiger partial charge in [0.2, 0.25) is 0 Å². The Morgan fingerprint density at radius 3 is 2.38 bits per heavy atom. The van der Waals surface area contributed by atoms with Crippen LogP contribution in [-0.2, 0) is 16.4 Å². The largest absolute Gasteiger partial charge is 0.276 e. The van der Waals surface area contributed by atoms with Gasteiger partial charge in [-0.05, 0) is 46.2 Å². The Balaban J connectivity index is 1.71. The summed E-state index contributed by atoms with van der Waals surface area (Å²) in [6, 6.07) is 21.7. The standard InChI is InChI=1S/C21H16N4O2S2/c22-12-10-19-14-21(17-8-6-16(7-9-17)18-11-13-28-15-18)25(23-19)24-29(26,27)20-4-2-1-3-5-20/h1-9,11,13-15,24H,10H2. The number of sulfonamides is 1. The van der Waals surface area contributed by atoms with E-state index in [9.17, 15) is 8.42 Å². The number of benzene rings is 2. The van der Waals surface area contributed by atoms with Gasteiger partial charge in [0.25, 0.3) is 10.0 Å². The summed E-state index contributed by atoms with van der Waals surface area (Å²) in [5, 5.41) is 17.4. The lowest BCUT2D eigenvalue weighted by Crippen LogP contribution is -2.25. The van der Waals surface area contributed by atoms with Crippen LogP contribution in [0.5, 0.6) is 0 Å². The molecule has 1 N–H and O–H groups in total. The second-order valence-electron chi connectivity index (χ2n) is 6.26. The number of nitrogens with one attached hydrogen (secondary N) is 1. The first-order valence-electron chi connectivity index (χ1n) is 8.73. The fraction of sp³-hybridized carbons (Fsp3) is 0.0476. The molecule has 0 bridgehead atoms. The Kier molecular flexibility index (Phi) is 5.16. The summed E-state index contributed by atoms with van der Waals surface area (Å²) in [4.78, 5) is 3.84. The molecule has 29 heavy (non-hydrogen) atoms. The Morgan fingerprint density at radius 2 is 1.72 bits per heavy atom. The van der Waals surface area contributed by atoms with Crippen molar-refractivity contribution in [3.05, 3.63) is 83.2 Å². The van der Waals surface area contributed by atoms with E-state index < -0.39 is 10.0 Å². The van der Waals surface area contributed by atoms with Crippen molar-refractivity contribution >= 4 is 21.4 Å². The number of thiophene rings is 1. The fourth-order valence-corrected chi connectivity index (χ4v) is 4.55. The molecule has 0 aliphatic carbocycles. The van der Waals surface area contributed by atoms with Crippen LogP contribution in [0.2, 0.25) is 0 Å². The number of nitriles is 1. The van der Waals surface area contributed by atoms with E-state index in [0.717, 1.165) is 16.7 Å². The maximum atomic E-state index is 12.7. The van der Waals surface area contributed by atoms with E-state index in [1.807, 2.05) is 41.8 Å². The van der Waals surface area contributed by atoms with Crippen molar-refractivity contribution in [3.8, 4) is 28.5 Å². The van der Waals surface area contributed by atoms with Crippen molar-refractivity contribution in [2.24, 2.45) is 0 Å². The van der Waals surface area contributed by atoms with Crippen molar-refractivity contribution < 1.29 is 8.42 Å². The molecule has 2 aromatic heterocycles. The Morgan fingerprint density at radius 1 is 1.00 bits per heavy atom. The van der Waals surface area contributed by atoms with Gasteiger partial charge in [0, 0.05) is 5.56 Å². The van der Waals surface area contributed by atoms with Crippen LogP contribution in [0.1, 0.15) is 5.69 Å². The summed E-state index contributed by atoms with van der Waals surface area (Å²) in [5.41, 5.74) is 4.04. The Bertz CT molecular complexity index is 1250. The van der Waals surface area contributed by atoms with Gasteiger partial charge in [-0.15, -0.1) is 0 Å². The highest BCUT2D eigenvalue weighted by molar-refractivity contribution is 7.92. The fourth-order valence-electron chi connectivity index (χ4n) is 2.90. The molecule has 6 nitrogen and oxygen atoms in total. The molecule has 0 fully saturated rings. The van der Waals surface area contributed by atoms with Crippen molar-refractivity contribution in [3.63, 3.8) is 0 Å². The van der Waals surface area contributed by atoms with Crippen LogP contribution in [0.15, 0.2) is 82.4 Å². The quantitative estimate of drug-likeness (QED) is 0.504. The zero-order valence-electron chi connectivity index (χ0n) is 15.2. The molecule has 0 spiro atoms.